The number of hydrogen-bond acceptors (Lipinski definition) is 2. The fourth-order valence-corrected chi connectivity index (χ4v) is 2.05. The van der Waals surface area contributed by atoms with Crippen LogP contribution >= 0.6 is 11.6 Å². The summed E-state index contributed by atoms with van der Waals surface area (Å²) in [7, 11) is 0. The summed E-state index contributed by atoms with van der Waals surface area (Å²) in [5, 5.41) is 14.8. The van der Waals surface area contributed by atoms with E-state index in [1.807, 2.05) is 6.92 Å². The lowest BCUT2D eigenvalue weighted by Gasteiger charge is -2.15. The zero-order chi connectivity index (χ0) is 15.8. The first-order valence-corrected chi connectivity index (χ1v) is 7.32. The third kappa shape index (κ3) is 6.49. The van der Waals surface area contributed by atoms with E-state index in [0.29, 0.717) is 17.1 Å². The van der Waals surface area contributed by atoms with Gasteiger partial charge in [-0.15, -0.1) is 0 Å². The second-order valence-electron chi connectivity index (χ2n) is 5.15. The minimum Gasteiger partial charge on any atom is -0.481 e. The zero-order valence-electron chi connectivity index (χ0n) is 12.2. The third-order valence-corrected chi connectivity index (χ3v) is 3.52. The Labute approximate surface area is 129 Å². The third-order valence-electron chi connectivity index (χ3n) is 3.20. The molecule has 0 aromatic heterocycles. The quantitative estimate of drug-likeness (QED) is 0.717. The molecule has 116 valence electrons. The molecular weight excluding hydrogens is 292 g/mol. The van der Waals surface area contributed by atoms with Crippen molar-refractivity contribution in [2.75, 3.05) is 5.32 Å². The molecule has 2 amide bonds. The van der Waals surface area contributed by atoms with Gasteiger partial charge in [-0.3, -0.25) is 4.79 Å². The van der Waals surface area contributed by atoms with Crippen molar-refractivity contribution in [3.8, 4) is 0 Å². The first-order valence-electron chi connectivity index (χ1n) is 6.95. The van der Waals surface area contributed by atoms with Crippen molar-refractivity contribution in [2.24, 2.45) is 5.92 Å². The average molecular weight is 313 g/mol. The molecule has 0 aliphatic heterocycles. The van der Waals surface area contributed by atoms with Crippen LogP contribution in [0.15, 0.2) is 24.3 Å². The minimum atomic E-state index is -0.785. The van der Waals surface area contributed by atoms with E-state index in [9.17, 15) is 9.59 Å². The molecule has 2 unspecified atom stereocenters. The number of carboxylic acids is 1. The number of anilines is 1. The Morgan fingerprint density at radius 1 is 1.24 bits per heavy atom. The smallest absolute Gasteiger partial charge is 0.319 e. The van der Waals surface area contributed by atoms with Gasteiger partial charge in [0.15, 0.2) is 0 Å². The van der Waals surface area contributed by atoms with Gasteiger partial charge in [-0.05, 0) is 31.9 Å². The molecular formula is C15H21ClN2O3. The van der Waals surface area contributed by atoms with E-state index in [2.05, 4.69) is 10.6 Å². The maximum Gasteiger partial charge on any atom is 0.319 e. The lowest BCUT2D eigenvalue weighted by Crippen LogP contribution is -2.36. The predicted molar refractivity (Wildman–Crippen MR) is 83.7 cm³/mol. The average Bonchev–Trinajstić information content (AvgIpc) is 2.41. The first-order chi connectivity index (χ1) is 9.90. The first kappa shape index (κ1) is 17.3. The van der Waals surface area contributed by atoms with Crippen molar-refractivity contribution in [3.63, 3.8) is 0 Å². The molecule has 21 heavy (non-hydrogen) atoms. The van der Waals surface area contributed by atoms with Gasteiger partial charge in [-0.2, -0.15) is 0 Å². The lowest BCUT2D eigenvalue weighted by molar-refractivity contribution is -0.141. The number of halogens is 1. The van der Waals surface area contributed by atoms with Crippen LogP contribution in [0, 0.1) is 5.92 Å². The number of amides is 2. The molecule has 5 nitrogen and oxygen atoms in total. The monoisotopic (exact) mass is 312 g/mol. The number of hydrogen-bond donors (Lipinski definition) is 3. The summed E-state index contributed by atoms with van der Waals surface area (Å²) in [6.07, 6.45) is 2.09. The Morgan fingerprint density at radius 2 is 1.90 bits per heavy atom. The van der Waals surface area contributed by atoms with Crippen LogP contribution in [0.5, 0.6) is 0 Å². The molecule has 3 N–H and O–H groups in total. The van der Waals surface area contributed by atoms with Crippen LogP contribution in [0.25, 0.3) is 0 Å². The highest BCUT2D eigenvalue weighted by atomic mass is 35.5. The van der Waals surface area contributed by atoms with Crippen molar-refractivity contribution >= 4 is 29.3 Å². The summed E-state index contributed by atoms with van der Waals surface area (Å²) in [6.45, 7) is 3.57. The number of rotatable bonds is 7. The number of carbonyl (C=O) groups excluding carboxylic acids is 1. The van der Waals surface area contributed by atoms with E-state index >= 15 is 0 Å². The molecule has 0 aliphatic carbocycles. The standard InChI is InChI=1S/C15H21ClN2O3/c1-10(14(19)20)6-5-7-11(2)17-15(21)18-13-9-4-3-8-12(13)16/h3-4,8-11H,5-7H2,1-2H3,(H,19,20)(H2,17,18,21). The Hall–Kier alpha value is -1.75. The van der Waals surface area contributed by atoms with Gasteiger partial charge in [0, 0.05) is 6.04 Å². The number of carbonyl (C=O) groups is 2. The zero-order valence-corrected chi connectivity index (χ0v) is 13.0. The summed E-state index contributed by atoms with van der Waals surface area (Å²) < 4.78 is 0. The van der Waals surface area contributed by atoms with Gasteiger partial charge in [0.05, 0.1) is 16.6 Å². The van der Waals surface area contributed by atoms with Crippen molar-refractivity contribution in [1.82, 2.24) is 5.32 Å². The highest BCUT2D eigenvalue weighted by Crippen LogP contribution is 2.20. The molecule has 6 heteroatoms. The van der Waals surface area contributed by atoms with E-state index in [4.69, 9.17) is 16.7 Å². The molecule has 0 spiro atoms. The number of benzene rings is 1. The highest BCUT2D eigenvalue weighted by Gasteiger charge is 2.12. The number of carboxylic acid groups (broad SMARTS) is 1. The van der Waals surface area contributed by atoms with Crippen molar-refractivity contribution in [3.05, 3.63) is 29.3 Å². The summed E-state index contributed by atoms with van der Waals surface area (Å²) in [4.78, 5) is 22.5. The lowest BCUT2D eigenvalue weighted by atomic mass is 10.0. The number of urea groups is 1. The van der Waals surface area contributed by atoms with Gasteiger partial charge >= 0.3 is 12.0 Å². The van der Waals surface area contributed by atoms with Gasteiger partial charge in [-0.25, -0.2) is 4.79 Å². The summed E-state index contributed by atoms with van der Waals surface area (Å²) in [6, 6.07) is 6.65. The molecule has 0 aliphatic rings. The van der Waals surface area contributed by atoms with Crippen molar-refractivity contribution in [2.45, 2.75) is 39.2 Å². The number of para-hydroxylation sites is 1. The van der Waals surface area contributed by atoms with Crippen LogP contribution in [-0.2, 0) is 4.79 Å². The normalized spacial score (nSPS) is 13.3. The van der Waals surface area contributed by atoms with E-state index in [-0.39, 0.29) is 18.0 Å². The summed E-state index contributed by atoms with van der Waals surface area (Å²) >= 11 is 5.95. The minimum absolute atomic E-state index is 0.0338. The molecule has 0 saturated carbocycles. The van der Waals surface area contributed by atoms with Gasteiger partial charge in [0.25, 0.3) is 0 Å². The van der Waals surface area contributed by atoms with Crippen LogP contribution in [-0.4, -0.2) is 23.1 Å². The second-order valence-corrected chi connectivity index (χ2v) is 5.56. The van der Waals surface area contributed by atoms with Crippen LogP contribution in [0.4, 0.5) is 10.5 Å². The molecule has 1 rings (SSSR count). The number of aliphatic carboxylic acids is 1. The predicted octanol–water partition coefficient (Wildman–Crippen LogP) is 3.74. The van der Waals surface area contributed by atoms with Crippen LogP contribution < -0.4 is 10.6 Å². The SMILES string of the molecule is CC(CCCC(C)C(=O)O)NC(=O)Nc1ccccc1Cl. The fraction of sp³-hybridized carbons (Fsp3) is 0.467. The van der Waals surface area contributed by atoms with E-state index < -0.39 is 5.97 Å². The molecule has 1 aromatic carbocycles. The Kier molecular flexibility index (Phi) is 7.02. The van der Waals surface area contributed by atoms with Crippen molar-refractivity contribution in [1.29, 1.82) is 0 Å². The molecule has 0 radical (unpaired) electrons. The highest BCUT2D eigenvalue weighted by molar-refractivity contribution is 6.33. The largest absolute Gasteiger partial charge is 0.481 e. The molecule has 1 aromatic rings. The molecule has 0 heterocycles. The van der Waals surface area contributed by atoms with E-state index in [1.54, 1.807) is 31.2 Å². The summed E-state index contributed by atoms with van der Waals surface area (Å²) in [5.74, 6) is -1.14. The number of nitrogens with one attached hydrogen (secondary N) is 2. The van der Waals surface area contributed by atoms with E-state index in [1.165, 1.54) is 0 Å². The molecule has 0 bridgehead atoms. The summed E-state index contributed by atoms with van der Waals surface area (Å²) in [5.41, 5.74) is 0.559. The van der Waals surface area contributed by atoms with Gasteiger partial charge in [0.2, 0.25) is 0 Å². The maximum atomic E-state index is 11.8. The van der Waals surface area contributed by atoms with Gasteiger partial charge in [-0.1, -0.05) is 37.1 Å². The Morgan fingerprint density at radius 3 is 2.52 bits per heavy atom. The van der Waals surface area contributed by atoms with Crippen LogP contribution in [0.2, 0.25) is 5.02 Å². The van der Waals surface area contributed by atoms with Crippen LogP contribution in [0.3, 0.4) is 0 Å². The second kappa shape index (κ2) is 8.52. The van der Waals surface area contributed by atoms with E-state index in [0.717, 1.165) is 12.8 Å². The molecule has 0 saturated heterocycles. The van der Waals surface area contributed by atoms with Crippen LogP contribution in [0.1, 0.15) is 33.1 Å². The topological polar surface area (TPSA) is 78.4 Å². The van der Waals surface area contributed by atoms with Gasteiger partial charge in [0.1, 0.15) is 0 Å². The van der Waals surface area contributed by atoms with Gasteiger partial charge < -0.3 is 15.7 Å². The maximum absolute atomic E-state index is 11.8. The Bertz CT molecular complexity index is 494. The molecule has 0 fully saturated rings. The fourth-order valence-electron chi connectivity index (χ4n) is 1.87. The Balaban J connectivity index is 2.31. The molecule has 2 atom stereocenters. The van der Waals surface area contributed by atoms with Crippen molar-refractivity contribution < 1.29 is 14.7 Å².